The summed E-state index contributed by atoms with van der Waals surface area (Å²) in [5.74, 6) is -0.384. The highest BCUT2D eigenvalue weighted by Gasteiger charge is 2.33. The number of sulfonamides is 1. The number of hydrogen-bond acceptors (Lipinski definition) is 5. The number of anilines is 1. The Labute approximate surface area is 280 Å². The summed E-state index contributed by atoms with van der Waals surface area (Å²) in [6.07, 6.45) is 1.95. The fraction of sp³-hybridized carbons (Fsp3) is 0.257. The van der Waals surface area contributed by atoms with Gasteiger partial charge in [-0.1, -0.05) is 96.9 Å². The summed E-state index contributed by atoms with van der Waals surface area (Å²) in [5, 5.41) is 3.66. The lowest BCUT2D eigenvalue weighted by atomic mass is 10.0. The zero-order valence-electron chi connectivity index (χ0n) is 25.7. The van der Waals surface area contributed by atoms with Crippen LogP contribution in [0, 0.1) is 0 Å². The molecule has 11 heteroatoms. The first-order valence-corrected chi connectivity index (χ1v) is 17.4. The minimum absolute atomic E-state index is 0.0459. The molecule has 46 heavy (non-hydrogen) atoms. The molecule has 4 aromatic carbocycles. The number of nitrogens with one attached hydrogen (secondary N) is 1. The molecule has 0 radical (unpaired) electrons. The molecule has 0 saturated carbocycles. The van der Waals surface area contributed by atoms with Crippen LogP contribution in [0.3, 0.4) is 0 Å². The minimum atomic E-state index is -3.92. The minimum Gasteiger partial charge on any atom is -0.489 e. The molecule has 4 aromatic rings. The third kappa shape index (κ3) is 9.97. The highest BCUT2D eigenvalue weighted by Crippen LogP contribution is 2.26. The van der Waals surface area contributed by atoms with E-state index in [1.807, 2.05) is 67.6 Å². The lowest BCUT2D eigenvalue weighted by Gasteiger charge is -2.33. The number of ether oxygens (including phenoxy) is 1. The van der Waals surface area contributed by atoms with E-state index in [0.29, 0.717) is 40.9 Å². The summed E-state index contributed by atoms with van der Waals surface area (Å²) in [5.41, 5.74) is 2.67. The lowest BCUT2D eigenvalue weighted by molar-refractivity contribution is -0.140. The van der Waals surface area contributed by atoms with Gasteiger partial charge in [0, 0.05) is 29.6 Å². The monoisotopic (exact) mass is 681 g/mol. The topological polar surface area (TPSA) is 96.0 Å². The van der Waals surface area contributed by atoms with Gasteiger partial charge in [0.05, 0.1) is 11.9 Å². The molecule has 0 aliphatic rings. The zero-order valence-corrected chi connectivity index (χ0v) is 28.1. The first kappa shape index (κ1) is 34.8. The second kappa shape index (κ2) is 16.5. The average Bonchev–Trinajstić information content (AvgIpc) is 3.04. The van der Waals surface area contributed by atoms with Crippen LogP contribution >= 0.6 is 23.2 Å². The molecule has 1 atom stereocenters. The van der Waals surface area contributed by atoms with Gasteiger partial charge in [0.15, 0.2) is 0 Å². The quantitative estimate of drug-likeness (QED) is 0.154. The van der Waals surface area contributed by atoms with Crippen LogP contribution in [0.1, 0.15) is 30.0 Å². The summed E-state index contributed by atoms with van der Waals surface area (Å²) in [7, 11) is -3.92. The molecule has 0 unspecified atom stereocenters. The normalized spacial score (nSPS) is 11.8. The van der Waals surface area contributed by atoms with Gasteiger partial charge in [0.2, 0.25) is 21.8 Å². The van der Waals surface area contributed by atoms with E-state index in [2.05, 4.69) is 5.32 Å². The van der Waals surface area contributed by atoms with Crippen molar-refractivity contribution in [2.24, 2.45) is 0 Å². The van der Waals surface area contributed by atoms with Crippen LogP contribution in [0.5, 0.6) is 5.75 Å². The smallest absolute Gasteiger partial charge is 0.244 e. The number of benzene rings is 4. The molecule has 0 aromatic heterocycles. The van der Waals surface area contributed by atoms with Crippen molar-refractivity contribution >= 4 is 50.7 Å². The SMILES string of the molecule is CCCNC(=O)[C@H](Cc1ccccc1)N(Cc1ccc(Cl)cc1Cl)C(=O)CN(c1ccc(OCc2ccccc2)cc1)S(C)(=O)=O. The first-order valence-electron chi connectivity index (χ1n) is 14.8. The standard InChI is InChI=1S/C35H37Cl2N3O5S/c1-3-20-38-35(42)33(21-26-10-6-4-7-11-26)39(23-28-14-15-29(36)22-32(28)37)34(41)24-40(46(2,43)44)30-16-18-31(19-17-30)45-25-27-12-8-5-9-13-27/h4-19,22,33H,3,20-21,23-25H2,1-2H3,(H,38,42)/t33-/m0/s1. The molecule has 0 fully saturated rings. The molecule has 0 spiro atoms. The predicted molar refractivity (Wildman–Crippen MR) is 184 cm³/mol. The Morgan fingerprint density at radius 1 is 0.870 bits per heavy atom. The summed E-state index contributed by atoms with van der Waals surface area (Å²) < 4.78 is 33.0. The Balaban J connectivity index is 1.65. The molecule has 4 rings (SSSR count). The van der Waals surface area contributed by atoms with Gasteiger partial charge in [-0.2, -0.15) is 0 Å². The summed E-state index contributed by atoms with van der Waals surface area (Å²) in [6, 6.07) is 29.4. The number of carbonyl (C=O) groups is 2. The van der Waals surface area contributed by atoms with E-state index >= 15 is 0 Å². The van der Waals surface area contributed by atoms with Gasteiger partial charge < -0.3 is 15.0 Å². The number of rotatable bonds is 15. The van der Waals surface area contributed by atoms with Crippen molar-refractivity contribution < 1.29 is 22.7 Å². The van der Waals surface area contributed by atoms with Crippen LogP contribution in [0.15, 0.2) is 103 Å². The fourth-order valence-electron chi connectivity index (χ4n) is 4.82. The molecule has 0 aliphatic carbocycles. The Hall–Kier alpha value is -4.05. The maximum atomic E-state index is 14.2. The number of carbonyl (C=O) groups excluding carboxylic acids is 2. The van der Waals surface area contributed by atoms with E-state index in [4.69, 9.17) is 27.9 Å². The van der Waals surface area contributed by atoms with Gasteiger partial charge in [-0.15, -0.1) is 0 Å². The van der Waals surface area contributed by atoms with Gasteiger partial charge in [0.1, 0.15) is 24.9 Å². The highest BCUT2D eigenvalue weighted by molar-refractivity contribution is 7.92. The Morgan fingerprint density at radius 3 is 2.09 bits per heavy atom. The number of amides is 2. The van der Waals surface area contributed by atoms with E-state index in [9.17, 15) is 18.0 Å². The highest BCUT2D eigenvalue weighted by atomic mass is 35.5. The number of nitrogens with zero attached hydrogens (tertiary/aromatic N) is 2. The van der Waals surface area contributed by atoms with E-state index < -0.39 is 28.5 Å². The summed E-state index contributed by atoms with van der Waals surface area (Å²) in [4.78, 5) is 29.3. The number of hydrogen-bond donors (Lipinski definition) is 1. The van der Waals surface area contributed by atoms with Crippen LogP contribution < -0.4 is 14.4 Å². The fourth-order valence-corrected chi connectivity index (χ4v) is 6.13. The molecule has 242 valence electrons. The van der Waals surface area contributed by atoms with Gasteiger partial charge in [-0.05, 0) is 59.5 Å². The average molecular weight is 683 g/mol. The second-order valence-electron chi connectivity index (χ2n) is 10.8. The molecule has 8 nitrogen and oxygen atoms in total. The molecule has 1 N–H and O–H groups in total. The first-order chi connectivity index (χ1) is 22.0. The lowest BCUT2D eigenvalue weighted by Crippen LogP contribution is -2.53. The molecule has 0 saturated heterocycles. The third-order valence-electron chi connectivity index (χ3n) is 7.23. The maximum Gasteiger partial charge on any atom is 0.244 e. The van der Waals surface area contributed by atoms with E-state index in [-0.39, 0.29) is 24.6 Å². The summed E-state index contributed by atoms with van der Waals surface area (Å²) >= 11 is 12.7. The van der Waals surface area contributed by atoms with Crippen LogP contribution in [-0.4, -0.2) is 50.5 Å². The predicted octanol–water partition coefficient (Wildman–Crippen LogP) is 6.50. The van der Waals surface area contributed by atoms with E-state index in [1.165, 1.54) is 4.90 Å². The number of halogens is 2. The van der Waals surface area contributed by atoms with Crippen molar-refractivity contribution in [3.05, 3.63) is 130 Å². The Morgan fingerprint density at radius 2 is 1.50 bits per heavy atom. The van der Waals surface area contributed by atoms with Gasteiger partial charge in [-0.3, -0.25) is 13.9 Å². The van der Waals surface area contributed by atoms with Crippen LogP contribution in [0.2, 0.25) is 10.0 Å². The zero-order chi connectivity index (χ0) is 33.1. The van der Waals surface area contributed by atoms with Crippen molar-refractivity contribution in [3.63, 3.8) is 0 Å². The van der Waals surface area contributed by atoms with E-state index in [0.717, 1.165) is 21.7 Å². The van der Waals surface area contributed by atoms with Gasteiger partial charge in [0.25, 0.3) is 0 Å². The maximum absolute atomic E-state index is 14.2. The molecule has 0 aliphatic heterocycles. The van der Waals surface area contributed by atoms with Crippen molar-refractivity contribution in [3.8, 4) is 5.75 Å². The van der Waals surface area contributed by atoms with Crippen molar-refractivity contribution in [2.45, 2.75) is 39.0 Å². The van der Waals surface area contributed by atoms with Crippen LogP contribution in [-0.2, 0) is 39.2 Å². The van der Waals surface area contributed by atoms with Crippen LogP contribution in [0.25, 0.3) is 0 Å². The third-order valence-corrected chi connectivity index (χ3v) is 8.96. The second-order valence-corrected chi connectivity index (χ2v) is 13.5. The van der Waals surface area contributed by atoms with Gasteiger partial charge >= 0.3 is 0 Å². The van der Waals surface area contributed by atoms with Crippen molar-refractivity contribution in [2.75, 3.05) is 23.7 Å². The Kier molecular flexibility index (Phi) is 12.5. The Bertz CT molecular complexity index is 1710. The molecule has 0 heterocycles. The molecular weight excluding hydrogens is 645 g/mol. The van der Waals surface area contributed by atoms with Crippen LogP contribution in [0.4, 0.5) is 5.69 Å². The summed E-state index contributed by atoms with van der Waals surface area (Å²) in [6.45, 7) is 2.11. The molecular formula is C35H37Cl2N3O5S. The molecule has 0 bridgehead atoms. The van der Waals surface area contributed by atoms with Gasteiger partial charge in [-0.25, -0.2) is 8.42 Å². The van der Waals surface area contributed by atoms with Crippen molar-refractivity contribution in [1.82, 2.24) is 10.2 Å². The van der Waals surface area contributed by atoms with Crippen molar-refractivity contribution in [1.29, 1.82) is 0 Å². The molecule has 2 amide bonds. The largest absolute Gasteiger partial charge is 0.489 e. The van der Waals surface area contributed by atoms with E-state index in [1.54, 1.807) is 42.5 Å².